The smallest absolute Gasteiger partial charge is 0.387 e. The van der Waals surface area contributed by atoms with Gasteiger partial charge in [0.15, 0.2) is 0 Å². The number of amides is 1. The predicted octanol–water partition coefficient (Wildman–Crippen LogP) is 1.77. The summed E-state index contributed by atoms with van der Waals surface area (Å²) in [6.45, 7) is -1.30. The Morgan fingerprint density at radius 2 is 2.21 bits per heavy atom. The molecular weight excluding hydrogens is 254 g/mol. The second-order valence-electron chi connectivity index (χ2n) is 4.39. The zero-order valence-corrected chi connectivity index (χ0v) is 10.4. The number of hydrogen-bond acceptors (Lipinski definition) is 3. The quantitative estimate of drug-likeness (QED) is 0.876. The van der Waals surface area contributed by atoms with Crippen molar-refractivity contribution in [2.75, 3.05) is 13.1 Å². The zero-order chi connectivity index (χ0) is 13.7. The maximum absolute atomic E-state index is 12.3. The Labute approximate surface area is 110 Å². The second kappa shape index (κ2) is 6.47. The Balaban J connectivity index is 2.05. The van der Waals surface area contributed by atoms with E-state index >= 15 is 0 Å². The van der Waals surface area contributed by atoms with Crippen LogP contribution in [0.2, 0.25) is 0 Å². The molecule has 1 fully saturated rings. The van der Waals surface area contributed by atoms with Crippen LogP contribution in [0.1, 0.15) is 23.2 Å². The van der Waals surface area contributed by atoms with E-state index in [1.165, 1.54) is 12.1 Å². The number of para-hydroxylation sites is 1. The normalized spacial score (nSPS) is 19.2. The van der Waals surface area contributed by atoms with Gasteiger partial charge >= 0.3 is 6.61 Å². The van der Waals surface area contributed by atoms with Gasteiger partial charge in [-0.3, -0.25) is 4.79 Å². The molecular formula is C13H16F2N2O2. The van der Waals surface area contributed by atoms with Gasteiger partial charge in [-0.1, -0.05) is 12.1 Å². The zero-order valence-electron chi connectivity index (χ0n) is 10.4. The van der Waals surface area contributed by atoms with E-state index in [9.17, 15) is 13.6 Å². The van der Waals surface area contributed by atoms with Crippen molar-refractivity contribution in [2.24, 2.45) is 0 Å². The third-order valence-corrected chi connectivity index (χ3v) is 2.98. The molecule has 1 amide bonds. The molecule has 1 aliphatic heterocycles. The Morgan fingerprint density at radius 1 is 1.42 bits per heavy atom. The van der Waals surface area contributed by atoms with Gasteiger partial charge in [0.1, 0.15) is 5.75 Å². The SMILES string of the molecule is O=C(NC1CCCNC1)c1ccccc1OC(F)F. The third kappa shape index (κ3) is 3.89. The monoisotopic (exact) mass is 270 g/mol. The summed E-state index contributed by atoms with van der Waals surface area (Å²) in [4.78, 5) is 12.1. The molecule has 2 N–H and O–H groups in total. The first kappa shape index (κ1) is 13.7. The molecule has 1 saturated heterocycles. The molecule has 6 heteroatoms. The van der Waals surface area contributed by atoms with Crippen LogP contribution in [-0.2, 0) is 0 Å². The number of alkyl halides is 2. The van der Waals surface area contributed by atoms with Crippen LogP contribution in [-0.4, -0.2) is 31.7 Å². The van der Waals surface area contributed by atoms with Crippen LogP contribution >= 0.6 is 0 Å². The minimum absolute atomic E-state index is 0.0286. The van der Waals surface area contributed by atoms with Crippen molar-refractivity contribution < 1.29 is 18.3 Å². The number of halogens is 2. The van der Waals surface area contributed by atoms with Crippen LogP contribution in [0.3, 0.4) is 0 Å². The minimum Gasteiger partial charge on any atom is -0.434 e. The van der Waals surface area contributed by atoms with E-state index in [0.29, 0.717) is 6.54 Å². The van der Waals surface area contributed by atoms with Crippen molar-refractivity contribution in [1.29, 1.82) is 0 Å². The number of ether oxygens (including phenoxy) is 1. The van der Waals surface area contributed by atoms with Gasteiger partial charge in [0.25, 0.3) is 5.91 Å². The minimum atomic E-state index is -2.94. The van der Waals surface area contributed by atoms with E-state index in [1.54, 1.807) is 12.1 Å². The lowest BCUT2D eigenvalue weighted by Gasteiger charge is -2.24. The number of nitrogens with one attached hydrogen (secondary N) is 2. The fourth-order valence-corrected chi connectivity index (χ4v) is 2.09. The van der Waals surface area contributed by atoms with Gasteiger partial charge in [-0.05, 0) is 31.5 Å². The van der Waals surface area contributed by atoms with Crippen molar-refractivity contribution in [2.45, 2.75) is 25.5 Å². The van der Waals surface area contributed by atoms with E-state index in [-0.39, 0.29) is 23.3 Å². The maximum Gasteiger partial charge on any atom is 0.387 e. The van der Waals surface area contributed by atoms with Crippen molar-refractivity contribution >= 4 is 5.91 Å². The number of carbonyl (C=O) groups is 1. The predicted molar refractivity (Wildman–Crippen MR) is 66.4 cm³/mol. The molecule has 0 radical (unpaired) electrons. The summed E-state index contributed by atoms with van der Waals surface area (Å²) in [7, 11) is 0. The Hall–Kier alpha value is -1.69. The first-order valence-electron chi connectivity index (χ1n) is 6.22. The van der Waals surface area contributed by atoms with E-state index in [1.807, 2.05) is 0 Å². The average Bonchev–Trinajstić information content (AvgIpc) is 2.39. The first-order chi connectivity index (χ1) is 9.16. The largest absolute Gasteiger partial charge is 0.434 e. The highest BCUT2D eigenvalue weighted by Crippen LogP contribution is 2.20. The van der Waals surface area contributed by atoms with Gasteiger partial charge in [0.05, 0.1) is 5.56 Å². The molecule has 1 unspecified atom stereocenters. The molecule has 0 saturated carbocycles. The number of benzene rings is 1. The average molecular weight is 270 g/mol. The molecule has 1 heterocycles. The second-order valence-corrected chi connectivity index (χ2v) is 4.39. The highest BCUT2D eigenvalue weighted by molar-refractivity contribution is 5.97. The van der Waals surface area contributed by atoms with Crippen molar-refractivity contribution in [3.05, 3.63) is 29.8 Å². The number of rotatable bonds is 4. The van der Waals surface area contributed by atoms with Crippen LogP contribution in [0.4, 0.5) is 8.78 Å². The van der Waals surface area contributed by atoms with Crippen LogP contribution in [0, 0.1) is 0 Å². The number of piperidine rings is 1. The van der Waals surface area contributed by atoms with Crippen molar-refractivity contribution in [1.82, 2.24) is 10.6 Å². The van der Waals surface area contributed by atoms with Crippen LogP contribution < -0.4 is 15.4 Å². The summed E-state index contributed by atoms with van der Waals surface area (Å²) in [5.74, 6) is -0.483. The van der Waals surface area contributed by atoms with E-state index in [4.69, 9.17) is 0 Å². The third-order valence-electron chi connectivity index (χ3n) is 2.98. The van der Waals surface area contributed by atoms with Gasteiger partial charge in [-0.15, -0.1) is 0 Å². The number of hydrogen-bond donors (Lipinski definition) is 2. The first-order valence-corrected chi connectivity index (χ1v) is 6.22. The summed E-state index contributed by atoms with van der Waals surface area (Å²) in [5, 5.41) is 5.99. The molecule has 1 aromatic rings. The summed E-state index contributed by atoms with van der Waals surface area (Å²) in [6.07, 6.45) is 1.87. The molecule has 1 aliphatic rings. The highest BCUT2D eigenvalue weighted by atomic mass is 19.3. The molecule has 104 valence electrons. The lowest BCUT2D eigenvalue weighted by molar-refractivity contribution is -0.0501. The van der Waals surface area contributed by atoms with Crippen molar-refractivity contribution in [3.63, 3.8) is 0 Å². The van der Waals surface area contributed by atoms with Crippen LogP contribution in [0.5, 0.6) is 5.75 Å². The molecule has 0 aliphatic carbocycles. The summed E-state index contributed by atoms with van der Waals surface area (Å²) >= 11 is 0. The molecule has 19 heavy (non-hydrogen) atoms. The molecule has 1 atom stereocenters. The van der Waals surface area contributed by atoms with Crippen LogP contribution in [0.25, 0.3) is 0 Å². The summed E-state index contributed by atoms with van der Waals surface area (Å²) in [5.41, 5.74) is 0.133. The number of carbonyl (C=O) groups excluding carboxylic acids is 1. The summed E-state index contributed by atoms with van der Waals surface area (Å²) < 4.78 is 28.9. The molecule has 0 aromatic heterocycles. The molecule has 0 bridgehead atoms. The van der Waals surface area contributed by atoms with Gasteiger partial charge < -0.3 is 15.4 Å². The molecule has 2 rings (SSSR count). The van der Waals surface area contributed by atoms with Gasteiger partial charge in [-0.2, -0.15) is 8.78 Å². The molecule has 4 nitrogen and oxygen atoms in total. The Bertz CT molecular complexity index is 434. The van der Waals surface area contributed by atoms with E-state index < -0.39 is 6.61 Å². The standard InChI is InChI=1S/C13H16F2N2O2/c14-13(15)19-11-6-2-1-5-10(11)12(18)17-9-4-3-7-16-8-9/h1-2,5-6,9,13,16H,3-4,7-8H2,(H,17,18). The van der Waals surface area contributed by atoms with E-state index in [0.717, 1.165) is 19.4 Å². The van der Waals surface area contributed by atoms with Gasteiger partial charge in [0.2, 0.25) is 0 Å². The van der Waals surface area contributed by atoms with E-state index in [2.05, 4.69) is 15.4 Å². The summed E-state index contributed by atoms with van der Waals surface area (Å²) in [6, 6.07) is 6.04. The fourth-order valence-electron chi connectivity index (χ4n) is 2.09. The topological polar surface area (TPSA) is 50.4 Å². The molecule has 1 aromatic carbocycles. The molecule has 0 spiro atoms. The Kier molecular flexibility index (Phi) is 4.68. The fraction of sp³-hybridized carbons (Fsp3) is 0.462. The van der Waals surface area contributed by atoms with Crippen LogP contribution in [0.15, 0.2) is 24.3 Å². The van der Waals surface area contributed by atoms with Gasteiger partial charge in [-0.25, -0.2) is 0 Å². The Morgan fingerprint density at radius 3 is 2.89 bits per heavy atom. The lowest BCUT2D eigenvalue weighted by Crippen LogP contribution is -2.45. The maximum atomic E-state index is 12.3. The van der Waals surface area contributed by atoms with Crippen molar-refractivity contribution in [3.8, 4) is 5.75 Å². The van der Waals surface area contributed by atoms with Gasteiger partial charge in [0, 0.05) is 12.6 Å². The lowest BCUT2D eigenvalue weighted by atomic mass is 10.1. The highest BCUT2D eigenvalue weighted by Gasteiger charge is 2.19.